The van der Waals surface area contributed by atoms with Crippen LogP contribution in [0.15, 0.2) is 30.3 Å². The number of nitrogens with one attached hydrogen (secondary N) is 2. The van der Waals surface area contributed by atoms with Gasteiger partial charge in [-0.15, -0.1) is 0 Å². The van der Waals surface area contributed by atoms with Crippen molar-refractivity contribution in [2.45, 2.75) is 45.7 Å². The van der Waals surface area contributed by atoms with Crippen LogP contribution < -0.4 is 15.8 Å². The van der Waals surface area contributed by atoms with E-state index in [1.807, 2.05) is 30.3 Å². The minimum atomic E-state index is -0.317. The van der Waals surface area contributed by atoms with Crippen LogP contribution in [0, 0.1) is 5.92 Å². The van der Waals surface area contributed by atoms with Gasteiger partial charge in [0.25, 0.3) is 0 Å². The van der Waals surface area contributed by atoms with Crippen molar-refractivity contribution < 1.29 is 4.79 Å². The van der Waals surface area contributed by atoms with Gasteiger partial charge in [-0.2, -0.15) is 0 Å². The number of hydrazine groups is 1. The van der Waals surface area contributed by atoms with E-state index in [1.54, 1.807) is 5.01 Å². The van der Waals surface area contributed by atoms with Crippen molar-refractivity contribution in [3.63, 3.8) is 0 Å². The van der Waals surface area contributed by atoms with Crippen molar-refractivity contribution in [3.8, 4) is 0 Å². The Bertz CT molecular complexity index is 434. The highest BCUT2D eigenvalue weighted by molar-refractivity contribution is 5.93. The third-order valence-corrected chi connectivity index (χ3v) is 3.89. The molecule has 0 spiro atoms. The van der Waals surface area contributed by atoms with E-state index in [1.165, 1.54) is 0 Å². The molecule has 2 rings (SSSR count). The Kier molecular flexibility index (Phi) is 4.10. The topological polar surface area (TPSA) is 44.4 Å². The number of urea groups is 1. The van der Waals surface area contributed by atoms with Crippen molar-refractivity contribution in [1.29, 1.82) is 0 Å². The summed E-state index contributed by atoms with van der Waals surface area (Å²) >= 11 is 0. The first-order valence-electron chi connectivity index (χ1n) is 7.05. The second-order valence-corrected chi connectivity index (χ2v) is 5.37. The van der Waals surface area contributed by atoms with Gasteiger partial charge in [-0.1, -0.05) is 45.4 Å². The van der Waals surface area contributed by atoms with Gasteiger partial charge >= 0.3 is 6.03 Å². The molecular formula is C15H23N3O. The largest absolute Gasteiger partial charge is 0.338 e. The Balaban J connectivity index is 2.17. The number of carbonyl (C=O) groups is 1. The third-order valence-electron chi connectivity index (χ3n) is 3.89. The van der Waals surface area contributed by atoms with Gasteiger partial charge < -0.3 is 5.32 Å². The van der Waals surface area contributed by atoms with Crippen LogP contribution in [0.3, 0.4) is 0 Å². The van der Waals surface area contributed by atoms with Crippen LogP contribution in [0.25, 0.3) is 0 Å². The summed E-state index contributed by atoms with van der Waals surface area (Å²) in [7, 11) is 0. The number of carbonyl (C=O) groups excluding carboxylic acids is 1. The number of para-hydroxylation sites is 1. The SMILES string of the molecule is CC[C@H](C)C[C@@]1(CC)NC(=O)N(c2ccccc2)N1. The Labute approximate surface area is 115 Å². The first-order chi connectivity index (χ1) is 9.10. The molecule has 1 fully saturated rings. The molecule has 0 aliphatic carbocycles. The third kappa shape index (κ3) is 2.89. The van der Waals surface area contributed by atoms with Crippen LogP contribution >= 0.6 is 0 Å². The highest BCUT2D eigenvalue weighted by atomic mass is 16.2. The van der Waals surface area contributed by atoms with Crippen LogP contribution in [-0.4, -0.2) is 11.7 Å². The molecule has 1 aliphatic rings. The zero-order chi connectivity index (χ0) is 13.9. The minimum absolute atomic E-state index is 0.0728. The summed E-state index contributed by atoms with van der Waals surface area (Å²) in [6.07, 6.45) is 2.92. The molecule has 1 aliphatic heterocycles. The minimum Gasteiger partial charge on any atom is -0.317 e. The van der Waals surface area contributed by atoms with Crippen molar-refractivity contribution in [3.05, 3.63) is 30.3 Å². The van der Waals surface area contributed by atoms with Crippen LogP contribution in [0.4, 0.5) is 10.5 Å². The molecule has 0 radical (unpaired) electrons. The summed E-state index contributed by atoms with van der Waals surface area (Å²) in [4.78, 5) is 12.2. The number of amides is 2. The van der Waals surface area contributed by atoms with Gasteiger partial charge in [0.15, 0.2) is 0 Å². The molecule has 1 saturated heterocycles. The molecule has 4 nitrogen and oxygen atoms in total. The van der Waals surface area contributed by atoms with Crippen LogP contribution in [0.1, 0.15) is 40.0 Å². The highest BCUT2D eigenvalue weighted by Crippen LogP contribution is 2.27. The fraction of sp³-hybridized carbons (Fsp3) is 0.533. The van der Waals surface area contributed by atoms with Crippen LogP contribution in [0.5, 0.6) is 0 Å². The maximum Gasteiger partial charge on any atom is 0.338 e. The number of hydrogen-bond acceptors (Lipinski definition) is 2. The summed E-state index contributed by atoms with van der Waals surface area (Å²) in [6.45, 7) is 6.50. The second-order valence-electron chi connectivity index (χ2n) is 5.37. The predicted octanol–water partition coefficient (Wildman–Crippen LogP) is 3.26. The molecular weight excluding hydrogens is 238 g/mol. The number of hydrogen-bond donors (Lipinski definition) is 2. The Morgan fingerprint density at radius 1 is 1.26 bits per heavy atom. The summed E-state index contributed by atoms with van der Waals surface area (Å²) < 4.78 is 0. The molecule has 4 heteroatoms. The molecule has 104 valence electrons. The van der Waals surface area contributed by atoms with E-state index >= 15 is 0 Å². The first kappa shape index (κ1) is 13.9. The van der Waals surface area contributed by atoms with Crippen molar-refractivity contribution in [2.24, 2.45) is 5.92 Å². The van der Waals surface area contributed by atoms with Gasteiger partial charge in [0.05, 0.1) is 5.69 Å². The number of anilines is 1. The number of nitrogens with zero attached hydrogens (tertiary/aromatic N) is 1. The molecule has 1 heterocycles. The molecule has 19 heavy (non-hydrogen) atoms. The summed E-state index contributed by atoms with van der Waals surface area (Å²) in [5.74, 6) is 0.573. The van der Waals surface area contributed by atoms with E-state index in [2.05, 4.69) is 31.5 Å². The van der Waals surface area contributed by atoms with E-state index < -0.39 is 0 Å². The Hall–Kier alpha value is -1.55. The van der Waals surface area contributed by atoms with E-state index in [9.17, 15) is 4.79 Å². The van der Waals surface area contributed by atoms with Gasteiger partial charge in [-0.25, -0.2) is 15.2 Å². The normalized spacial score (nSPS) is 24.4. The quantitative estimate of drug-likeness (QED) is 0.854. The van der Waals surface area contributed by atoms with Gasteiger partial charge in [-0.3, -0.25) is 0 Å². The molecule has 1 aromatic rings. The van der Waals surface area contributed by atoms with Gasteiger partial charge in [-0.05, 0) is 30.9 Å². The average Bonchev–Trinajstić information content (AvgIpc) is 2.77. The highest BCUT2D eigenvalue weighted by Gasteiger charge is 2.41. The van der Waals surface area contributed by atoms with Gasteiger partial charge in [0.2, 0.25) is 0 Å². The number of benzene rings is 1. The monoisotopic (exact) mass is 261 g/mol. The molecule has 0 bridgehead atoms. The van der Waals surface area contributed by atoms with Crippen molar-refractivity contribution in [2.75, 3.05) is 5.01 Å². The Morgan fingerprint density at radius 3 is 2.53 bits per heavy atom. The summed E-state index contributed by atoms with van der Waals surface area (Å²) in [5.41, 5.74) is 3.92. The molecule has 0 saturated carbocycles. The average molecular weight is 261 g/mol. The number of rotatable bonds is 5. The van der Waals surface area contributed by atoms with E-state index in [0.29, 0.717) is 5.92 Å². The summed E-state index contributed by atoms with van der Waals surface area (Å²) in [5, 5.41) is 4.72. The molecule has 2 atom stereocenters. The van der Waals surface area contributed by atoms with E-state index in [-0.39, 0.29) is 11.7 Å². The van der Waals surface area contributed by atoms with Crippen molar-refractivity contribution >= 4 is 11.7 Å². The van der Waals surface area contributed by atoms with Gasteiger partial charge in [0.1, 0.15) is 5.66 Å². The maximum absolute atomic E-state index is 12.2. The van der Waals surface area contributed by atoms with E-state index in [0.717, 1.165) is 24.9 Å². The summed E-state index contributed by atoms with van der Waals surface area (Å²) in [6, 6.07) is 9.61. The molecule has 2 amide bonds. The lowest BCUT2D eigenvalue weighted by molar-refractivity contribution is 0.231. The molecule has 0 aromatic heterocycles. The first-order valence-corrected chi connectivity index (χ1v) is 7.05. The standard InChI is InChI=1S/C15H23N3O/c1-4-12(3)11-15(5-2)16-14(19)18(17-15)13-9-7-6-8-10-13/h6-10,12,17H,4-5,11H2,1-3H3,(H,16,19)/t12-,15-/m0/s1. The fourth-order valence-electron chi connectivity index (χ4n) is 2.46. The van der Waals surface area contributed by atoms with Crippen LogP contribution in [-0.2, 0) is 0 Å². The predicted molar refractivity (Wildman–Crippen MR) is 77.7 cm³/mol. The van der Waals surface area contributed by atoms with Gasteiger partial charge in [0, 0.05) is 0 Å². The zero-order valence-electron chi connectivity index (χ0n) is 11.9. The lowest BCUT2D eigenvalue weighted by Gasteiger charge is -2.30. The lowest BCUT2D eigenvalue weighted by atomic mass is 9.93. The fourth-order valence-corrected chi connectivity index (χ4v) is 2.46. The smallest absolute Gasteiger partial charge is 0.317 e. The van der Waals surface area contributed by atoms with Crippen molar-refractivity contribution in [1.82, 2.24) is 10.7 Å². The molecule has 2 N–H and O–H groups in total. The van der Waals surface area contributed by atoms with E-state index in [4.69, 9.17) is 0 Å². The lowest BCUT2D eigenvalue weighted by Crippen LogP contribution is -2.51. The zero-order valence-corrected chi connectivity index (χ0v) is 11.9. The second kappa shape index (κ2) is 5.61. The molecule has 1 aromatic carbocycles. The Morgan fingerprint density at radius 2 is 1.95 bits per heavy atom. The van der Waals surface area contributed by atoms with Crippen LogP contribution in [0.2, 0.25) is 0 Å². The molecule has 0 unspecified atom stereocenters. The maximum atomic E-state index is 12.2.